The van der Waals surface area contributed by atoms with Crippen LogP contribution in [0.4, 0.5) is 0 Å². The van der Waals surface area contributed by atoms with Gasteiger partial charge in [-0.3, -0.25) is 0 Å². The Balaban J connectivity index is 2.47. The zero-order chi connectivity index (χ0) is 10.6. The molecule has 14 heavy (non-hydrogen) atoms. The Hall–Kier alpha value is -0.470. The second kappa shape index (κ2) is 5.42. The Morgan fingerprint density at radius 2 is 1.79 bits per heavy atom. The van der Waals surface area contributed by atoms with Crippen molar-refractivity contribution in [3.63, 3.8) is 0 Å². The van der Waals surface area contributed by atoms with E-state index < -0.39 is 0 Å². The van der Waals surface area contributed by atoms with Crippen molar-refractivity contribution < 1.29 is 0 Å². The summed E-state index contributed by atoms with van der Waals surface area (Å²) in [6, 6.07) is 8.96. The lowest BCUT2D eigenvalue weighted by atomic mass is 10.2. The monoisotopic (exact) mass is 209 g/mol. The van der Waals surface area contributed by atoms with Crippen molar-refractivity contribution in [3.05, 3.63) is 29.8 Å². The van der Waals surface area contributed by atoms with Gasteiger partial charge in [0.2, 0.25) is 0 Å². The van der Waals surface area contributed by atoms with E-state index in [9.17, 15) is 0 Å². The van der Waals surface area contributed by atoms with Gasteiger partial charge in [-0.25, -0.2) is 0 Å². The van der Waals surface area contributed by atoms with Crippen LogP contribution < -0.4 is 5.73 Å². The van der Waals surface area contributed by atoms with Crippen molar-refractivity contribution >= 4 is 11.8 Å². The van der Waals surface area contributed by atoms with E-state index in [1.807, 2.05) is 11.8 Å². The molecule has 2 N–H and O–H groups in total. The topological polar surface area (TPSA) is 26.0 Å². The molecule has 0 saturated heterocycles. The van der Waals surface area contributed by atoms with Crippen LogP contribution in [0.3, 0.4) is 0 Å². The third kappa shape index (κ3) is 4.16. The Morgan fingerprint density at radius 1 is 1.21 bits per heavy atom. The van der Waals surface area contributed by atoms with Crippen molar-refractivity contribution in [2.45, 2.75) is 43.4 Å². The lowest BCUT2D eigenvalue weighted by Crippen LogP contribution is -2.19. The molecule has 0 heterocycles. The quantitative estimate of drug-likeness (QED) is 0.771. The summed E-state index contributed by atoms with van der Waals surface area (Å²) in [6.07, 6.45) is 1.07. The molecule has 0 aromatic heterocycles. The maximum Gasteiger partial charge on any atom is 0.00806 e. The van der Waals surface area contributed by atoms with Gasteiger partial charge in [-0.2, -0.15) is 0 Å². The van der Waals surface area contributed by atoms with E-state index in [0.29, 0.717) is 11.3 Å². The Kier molecular flexibility index (Phi) is 4.49. The highest BCUT2D eigenvalue weighted by molar-refractivity contribution is 7.99. The molecular weight excluding hydrogens is 190 g/mol. The van der Waals surface area contributed by atoms with E-state index in [1.165, 1.54) is 10.5 Å². The van der Waals surface area contributed by atoms with Gasteiger partial charge >= 0.3 is 0 Å². The molecule has 0 aliphatic rings. The third-order valence-electron chi connectivity index (χ3n) is 2.06. The van der Waals surface area contributed by atoms with Gasteiger partial charge in [-0.15, -0.1) is 11.8 Å². The molecule has 2 atom stereocenters. The Bertz CT molecular complexity index is 266. The number of thioether (sulfide) groups is 1. The van der Waals surface area contributed by atoms with Gasteiger partial charge in [0.15, 0.2) is 0 Å². The maximum atomic E-state index is 5.76. The molecule has 78 valence electrons. The Morgan fingerprint density at radius 3 is 2.29 bits per heavy atom. The van der Waals surface area contributed by atoms with Crippen LogP contribution in [0.2, 0.25) is 0 Å². The first-order valence-electron chi connectivity index (χ1n) is 5.07. The molecule has 1 rings (SSSR count). The van der Waals surface area contributed by atoms with E-state index in [-0.39, 0.29) is 0 Å². The standard InChI is InChI=1S/C12H19NS/c1-9-4-6-12(7-5-9)14-11(3)8-10(2)13/h4-7,10-11H,8,13H2,1-3H3. The van der Waals surface area contributed by atoms with Gasteiger partial charge in [0.1, 0.15) is 0 Å². The molecule has 1 aromatic rings. The normalized spacial score (nSPS) is 15.1. The molecule has 0 aliphatic heterocycles. The van der Waals surface area contributed by atoms with Crippen LogP contribution >= 0.6 is 11.8 Å². The van der Waals surface area contributed by atoms with E-state index in [2.05, 4.69) is 45.0 Å². The van der Waals surface area contributed by atoms with Crippen molar-refractivity contribution in [1.29, 1.82) is 0 Å². The van der Waals surface area contributed by atoms with Crippen LogP contribution in [0.15, 0.2) is 29.2 Å². The molecule has 0 bridgehead atoms. The van der Waals surface area contributed by atoms with E-state index >= 15 is 0 Å². The van der Waals surface area contributed by atoms with E-state index in [4.69, 9.17) is 5.73 Å². The molecule has 0 fully saturated rings. The average Bonchev–Trinajstić information content (AvgIpc) is 2.07. The zero-order valence-corrected chi connectivity index (χ0v) is 9.97. The summed E-state index contributed by atoms with van der Waals surface area (Å²) in [4.78, 5) is 1.34. The fraction of sp³-hybridized carbons (Fsp3) is 0.500. The molecule has 2 unspecified atom stereocenters. The molecular formula is C12H19NS. The lowest BCUT2D eigenvalue weighted by Gasteiger charge is -2.13. The van der Waals surface area contributed by atoms with Crippen LogP contribution in [-0.4, -0.2) is 11.3 Å². The van der Waals surface area contributed by atoms with Gasteiger partial charge in [0.05, 0.1) is 0 Å². The number of aryl methyl sites for hydroxylation is 1. The average molecular weight is 209 g/mol. The molecule has 2 heteroatoms. The van der Waals surface area contributed by atoms with Crippen LogP contribution in [0, 0.1) is 6.92 Å². The van der Waals surface area contributed by atoms with Crippen LogP contribution in [0.1, 0.15) is 25.8 Å². The summed E-state index contributed by atoms with van der Waals surface area (Å²) in [5, 5.41) is 0.595. The highest BCUT2D eigenvalue weighted by atomic mass is 32.2. The van der Waals surface area contributed by atoms with Crippen LogP contribution in [-0.2, 0) is 0 Å². The maximum absolute atomic E-state index is 5.76. The molecule has 0 aliphatic carbocycles. The fourth-order valence-electron chi connectivity index (χ4n) is 1.42. The van der Waals surface area contributed by atoms with Crippen molar-refractivity contribution in [3.8, 4) is 0 Å². The second-order valence-electron chi connectivity index (χ2n) is 3.95. The molecule has 1 nitrogen and oxygen atoms in total. The summed E-state index contributed by atoms with van der Waals surface area (Å²) in [7, 11) is 0. The van der Waals surface area contributed by atoms with Crippen molar-refractivity contribution in [1.82, 2.24) is 0 Å². The first-order chi connectivity index (χ1) is 6.58. The predicted molar refractivity (Wildman–Crippen MR) is 64.8 cm³/mol. The van der Waals surface area contributed by atoms with Gasteiger partial charge in [-0.1, -0.05) is 24.6 Å². The van der Waals surface area contributed by atoms with Gasteiger partial charge in [-0.05, 0) is 32.4 Å². The van der Waals surface area contributed by atoms with Crippen LogP contribution in [0.25, 0.3) is 0 Å². The summed E-state index contributed by atoms with van der Waals surface area (Å²) in [5.41, 5.74) is 7.07. The third-order valence-corrected chi connectivity index (χ3v) is 3.20. The summed E-state index contributed by atoms with van der Waals surface area (Å²) >= 11 is 1.90. The molecule has 0 spiro atoms. The number of hydrogen-bond donors (Lipinski definition) is 1. The second-order valence-corrected chi connectivity index (χ2v) is 5.47. The summed E-state index contributed by atoms with van der Waals surface area (Å²) in [6.45, 7) is 6.40. The molecule has 0 saturated carbocycles. The lowest BCUT2D eigenvalue weighted by molar-refractivity contribution is 0.663. The Labute approximate surface area is 91.1 Å². The first kappa shape index (κ1) is 11.6. The first-order valence-corrected chi connectivity index (χ1v) is 5.95. The smallest absolute Gasteiger partial charge is 0.00806 e. The number of benzene rings is 1. The molecule has 1 aromatic carbocycles. The highest BCUT2D eigenvalue weighted by Gasteiger charge is 2.06. The highest BCUT2D eigenvalue weighted by Crippen LogP contribution is 2.25. The van der Waals surface area contributed by atoms with E-state index in [1.54, 1.807) is 0 Å². The van der Waals surface area contributed by atoms with Gasteiger partial charge < -0.3 is 5.73 Å². The van der Waals surface area contributed by atoms with Gasteiger partial charge in [0, 0.05) is 16.2 Å². The van der Waals surface area contributed by atoms with Crippen molar-refractivity contribution in [2.75, 3.05) is 0 Å². The minimum absolute atomic E-state index is 0.294. The minimum atomic E-state index is 0.294. The van der Waals surface area contributed by atoms with Crippen molar-refractivity contribution in [2.24, 2.45) is 5.73 Å². The van der Waals surface area contributed by atoms with Crippen LogP contribution in [0.5, 0.6) is 0 Å². The SMILES string of the molecule is Cc1ccc(SC(C)CC(C)N)cc1. The number of hydrogen-bond acceptors (Lipinski definition) is 2. The fourth-order valence-corrected chi connectivity index (χ4v) is 2.58. The number of nitrogens with two attached hydrogens (primary N) is 1. The molecule has 0 radical (unpaired) electrons. The minimum Gasteiger partial charge on any atom is -0.328 e. The predicted octanol–water partition coefficient (Wildman–Crippen LogP) is 3.21. The van der Waals surface area contributed by atoms with Gasteiger partial charge in [0.25, 0.3) is 0 Å². The van der Waals surface area contributed by atoms with E-state index in [0.717, 1.165) is 6.42 Å². The summed E-state index contributed by atoms with van der Waals surface area (Å²) in [5.74, 6) is 0. The molecule has 0 amide bonds. The number of rotatable bonds is 4. The largest absolute Gasteiger partial charge is 0.328 e. The zero-order valence-electron chi connectivity index (χ0n) is 9.16. The summed E-state index contributed by atoms with van der Waals surface area (Å²) < 4.78 is 0.